The first-order chi connectivity index (χ1) is 17.4. The van der Waals surface area contributed by atoms with Gasteiger partial charge < -0.3 is 0 Å². The Morgan fingerprint density at radius 3 is 2.00 bits per heavy atom. The number of nitrogens with zero attached hydrogens (tertiary/aromatic N) is 4. The molecule has 3 heterocycles. The monoisotopic (exact) mass is 448 g/mol. The van der Waals surface area contributed by atoms with Crippen molar-refractivity contribution in [3.05, 3.63) is 122 Å². The number of rotatable bonds is 3. The molecule has 7 aromatic rings. The molecule has 0 saturated heterocycles. The Bertz CT molecular complexity index is 1820. The molecule has 0 radical (unpaired) electrons. The highest BCUT2D eigenvalue weighted by Crippen LogP contribution is 2.36. The highest BCUT2D eigenvalue weighted by molar-refractivity contribution is 6.21. The van der Waals surface area contributed by atoms with Crippen LogP contribution < -0.4 is 0 Å². The summed E-state index contributed by atoms with van der Waals surface area (Å²) in [6.45, 7) is 0. The maximum atomic E-state index is 4.80. The van der Waals surface area contributed by atoms with Crippen molar-refractivity contribution in [1.82, 2.24) is 19.5 Å². The van der Waals surface area contributed by atoms with Crippen molar-refractivity contribution in [2.45, 2.75) is 0 Å². The van der Waals surface area contributed by atoms with E-state index >= 15 is 0 Å². The predicted molar refractivity (Wildman–Crippen MR) is 143 cm³/mol. The number of aromatic nitrogens is 4. The summed E-state index contributed by atoms with van der Waals surface area (Å²) in [5.41, 5.74) is 6.31. The molecule has 0 spiro atoms. The van der Waals surface area contributed by atoms with E-state index < -0.39 is 0 Å². The molecule has 4 nitrogen and oxygen atoms in total. The fraction of sp³-hybridized carbons (Fsp3) is 0. The van der Waals surface area contributed by atoms with Crippen LogP contribution in [0.4, 0.5) is 0 Å². The second-order valence-electron chi connectivity index (χ2n) is 8.60. The van der Waals surface area contributed by atoms with Crippen LogP contribution in [0, 0.1) is 0 Å². The summed E-state index contributed by atoms with van der Waals surface area (Å²) < 4.78 is 2.16. The van der Waals surface area contributed by atoms with E-state index in [-0.39, 0.29) is 0 Å². The van der Waals surface area contributed by atoms with Crippen LogP contribution in [0.5, 0.6) is 0 Å². The number of pyridine rings is 1. The molecule has 0 unspecified atom stereocenters. The first-order valence-electron chi connectivity index (χ1n) is 11.6. The lowest BCUT2D eigenvalue weighted by Crippen LogP contribution is -2.00. The third-order valence-corrected chi connectivity index (χ3v) is 6.58. The lowest BCUT2D eigenvalue weighted by Gasteiger charge is -2.08. The van der Waals surface area contributed by atoms with E-state index in [1.807, 2.05) is 36.8 Å². The molecule has 7 rings (SSSR count). The minimum atomic E-state index is 0.667. The second kappa shape index (κ2) is 7.89. The van der Waals surface area contributed by atoms with E-state index in [0.29, 0.717) is 5.95 Å². The van der Waals surface area contributed by atoms with Crippen LogP contribution in [-0.4, -0.2) is 19.5 Å². The molecule has 0 N–H and O–H groups in total. The number of hydrogen-bond donors (Lipinski definition) is 0. The summed E-state index contributed by atoms with van der Waals surface area (Å²) in [5.74, 6) is 0.667. The van der Waals surface area contributed by atoms with Crippen molar-refractivity contribution in [2.75, 3.05) is 0 Å². The van der Waals surface area contributed by atoms with Gasteiger partial charge in [-0.1, -0.05) is 78.9 Å². The molecule has 0 aliphatic carbocycles. The molecular weight excluding hydrogens is 428 g/mol. The molecule has 164 valence electrons. The maximum absolute atomic E-state index is 4.80. The zero-order valence-electron chi connectivity index (χ0n) is 18.8. The summed E-state index contributed by atoms with van der Waals surface area (Å²) in [6, 6.07) is 35.6. The highest BCUT2D eigenvalue weighted by atomic mass is 15.1. The zero-order valence-corrected chi connectivity index (χ0v) is 18.8. The van der Waals surface area contributed by atoms with Crippen LogP contribution in [0.2, 0.25) is 0 Å². The van der Waals surface area contributed by atoms with Gasteiger partial charge in [0.15, 0.2) is 0 Å². The van der Waals surface area contributed by atoms with Gasteiger partial charge in [-0.3, -0.25) is 9.55 Å². The lowest BCUT2D eigenvalue weighted by molar-refractivity contribution is 0.990. The molecule has 4 heteroatoms. The maximum Gasteiger partial charge on any atom is 0.234 e. The van der Waals surface area contributed by atoms with Gasteiger partial charge in [-0.15, -0.1) is 0 Å². The van der Waals surface area contributed by atoms with Gasteiger partial charge >= 0.3 is 0 Å². The van der Waals surface area contributed by atoms with Crippen molar-refractivity contribution < 1.29 is 0 Å². The Labute approximate surface area is 202 Å². The van der Waals surface area contributed by atoms with Crippen LogP contribution in [0.25, 0.3) is 60.9 Å². The average molecular weight is 449 g/mol. The van der Waals surface area contributed by atoms with Crippen LogP contribution >= 0.6 is 0 Å². The Hall–Kier alpha value is -4.83. The van der Waals surface area contributed by atoms with Crippen LogP contribution in [-0.2, 0) is 0 Å². The largest absolute Gasteiger partial charge is 0.278 e. The van der Waals surface area contributed by atoms with Crippen LogP contribution in [0.1, 0.15) is 0 Å². The SMILES string of the molecule is c1ccc(-c2ccc(-c3cnc(-n4c5ccccc5c5c6ccccc6ccc54)nc3)cc2)nc1. The molecule has 0 bridgehead atoms. The summed E-state index contributed by atoms with van der Waals surface area (Å²) in [5, 5.41) is 4.91. The third-order valence-electron chi connectivity index (χ3n) is 6.58. The van der Waals surface area contributed by atoms with Crippen molar-refractivity contribution in [2.24, 2.45) is 0 Å². The predicted octanol–water partition coefficient (Wildman–Crippen LogP) is 7.46. The van der Waals surface area contributed by atoms with E-state index in [4.69, 9.17) is 9.97 Å². The van der Waals surface area contributed by atoms with Gasteiger partial charge in [0.2, 0.25) is 5.95 Å². The smallest absolute Gasteiger partial charge is 0.234 e. The molecule has 0 amide bonds. The molecule has 0 saturated carbocycles. The van der Waals surface area contributed by atoms with Gasteiger partial charge in [0.05, 0.1) is 16.7 Å². The Kier molecular flexibility index (Phi) is 4.42. The molecule has 0 atom stereocenters. The fourth-order valence-electron chi connectivity index (χ4n) is 4.91. The van der Waals surface area contributed by atoms with Gasteiger partial charge in [0.25, 0.3) is 0 Å². The van der Waals surface area contributed by atoms with Gasteiger partial charge in [0, 0.05) is 40.5 Å². The minimum Gasteiger partial charge on any atom is -0.278 e. The zero-order chi connectivity index (χ0) is 23.2. The van der Waals surface area contributed by atoms with Crippen molar-refractivity contribution in [3.63, 3.8) is 0 Å². The van der Waals surface area contributed by atoms with E-state index in [1.54, 1.807) is 0 Å². The highest BCUT2D eigenvalue weighted by Gasteiger charge is 2.16. The van der Waals surface area contributed by atoms with Gasteiger partial charge in [-0.05, 0) is 40.6 Å². The second-order valence-corrected chi connectivity index (χ2v) is 8.60. The molecular formula is C31H20N4. The lowest BCUT2D eigenvalue weighted by atomic mass is 10.0. The number of para-hydroxylation sites is 1. The quantitative estimate of drug-likeness (QED) is 0.282. The molecule has 35 heavy (non-hydrogen) atoms. The van der Waals surface area contributed by atoms with Crippen LogP contribution in [0.3, 0.4) is 0 Å². The number of fused-ring (bicyclic) bond motifs is 5. The molecule has 0 aliphatic heterocycles. The molecule has 0 fully saturated rings. The standard InChI is InChI=1S/C31H20N4/c1-2-8-25-22(7-1)16-17-29-30(25)26-9-3-4-11-28(26)35(29)31-33-19-24(20-34-31)21-12-14-23(15-13-21)27-10-5-6-18-32-27/h1-20H. The van der Waals surface area contributed by atoms with E-state index in [9.17, 15) is 0 Å². The first-order valence-corrected chi connectivity index (χ1v) is 11.6. The molecule has 3 aromatic heterocycles. The summed E-state index contributed by atoms with van der Waals surface area (Å²) in [4.78, 5) is 14.0. The van der Waals surface area contributed by atoms with Gasteiger partial charge in [-0.2, -0.15) is 0 Å². The van der Waals surface area contributed by atoms with Gasteiger partial charge in [-0.25, -0.2) is 9.97 Å². The average Bonchev–Trinajstić information content (AvgIpc) is 3.29. The van der Waals surface area contributed by atoms with Gasteiger partial charge in [0.1, 0.15) is 0 Å². The Morgan fingerprint density at radius 1 is 0.486 bits per heavy atom. The topological polar surface area (TPSA) is 43.6 Å². The van der Waals surface area contributed by atoms with E-state index in [0.717, 1.165) is 33.4 Å². The van der Waals surface area contributed by atoms with E-state index in [2.05, 4.69) is 94.5 Å². The normalized spacial score (nSPS) is 11.4. The first kappa shape index (κ1) is 19.6. The Morgan fingerprint density at radius 2 is 1.20 bits per heavy atom. The summed E-state index contributed by atoms with van der Waals surface area (Å²) in [7, 11) is 0. The van der Waals surface area contributed by atoms with Crippen LogP contribution in [0.15, 0.2) is 122 Å². The van der Waals surface area contributed by atoms with E-state index in [1.165, 1.54) is 21.5 Å². The minimum absolute atomic E-state index is 0.667. The summed E-state index contributed by atoms with van der Waals surface area (Å²) in [6.07, 6.45) is 5.62. The van der Waals surface area contributed by atoms with Crippen molar-refractivity contribution in [1.29, 1.82) is 0 Å². The molecule has 4 aromatic carbocycles. The third kappa shape index (κ3) is 3.19. The fourth-order valence-corrected chi connectivity index (χ4v) is 4.91. The van der Waals surface area contributed by atoms with Crippen molar-refractivity contribution >= 4 is 32.6 Å². The summed E-state index contributed by atoms with van der Waals surface area (Å²) >= 11 is 0. The number of hydrogen-bond acceptors (Lipinski definition) is 3. The Balaban J connectivity index is 1.33. The number of benzene rings is 4. The molecule has 0 aliphatic rings. The van der Waals surface area contributed by atoms with Crippen molar-refractivity contribution in [3.8, 4) is 28.3 Å².